The molecule has 0 unspecified atom stereocenters. The van der Waals surface area contributed by atoms with Gasteiger partial charge in [0.1, 0.15) is 0 Å². The molecule has 0 bridgehead atoms. The fraction of sp³-hybridized carbons (Fsp3) is 1.00. The largest absolute Gasteiger partial charge is 0.313 e. The minimum Gasteiger partial charge on any atom is -0.313 e. The van der Waals surface area contributed by atoms with Crippen LogP contribution in [-0.2, 0) is 0 Å². The summed E-state index contributed by atoms with van der Waals surface area (Å²) in [7, 11) is 0. The van der Waals surface area contributed by atoms with E-state index in [-0.39, 0.29) is 0 Å². The molecule has 1 saturated heterocycles. The van der Waals surface area contributed by atoms with Crippen LogP contribution >= 0.6 is 0 Å². The molecule has 100 valence electrons. The third-order valence-corrected chi connectivity index (χ3v) is 4.62. The lowest BCUT2D eigenvalue weighted by Gasteiger charge is -2.32. The van der Waals surface area contributed by atoms with Gasteiger partial charge in [0.25, 0.3) is 0 Å². The van der Waals surface area contributed by atoms with Crippen LogP contribution in [0.1, 0.15) is 58.3 Å². The first-order valence-electron chi connectivity index (χ1n) is 7.84. The second-order valence-electron chi connectivity index (χ2n) is 6.01. The molecular formula is C15H30N2. The van der Waals surface area contributed by atoms with Crippen molar-refractivity contribution in [2.45, 2.75) is 64.3 Å². The molecule has 0 atom stereocenters. The maximum atomic E-state index is 3.72. The lowest BCUT2D eigenvalue weighted by molar-refractivity contribution is 0.177. The molecule has 2 rings (SSSR count). The summed E-state index contributed by atoms with van der Waals surface area (Å²) in [5, 5.41) is 3.72. The van der Waals surface area contributed by atoms with Crippen molar-refractivity contribution in [3.05, 3.63) is 0 Å². The number of nitrogens with one attached hydrogen (secondary N) is 1. The van der Waals surface area contributed by atoms with Crippen molar-refractivity contribution in [2.75, 3.05) is 26.2 Å². The quantitative estimate of drug-likeness (QED) is 0.765. The van der Waals surface area contributed by atoms with Gasteiger partial charge in [-0.05, 0) is 44.7 Å². The smallest absolute Gasteiger partial charge is 0.0107 e. The predicted molar refractivity (Wildman–Crippen MR) is 74.3 cm³/mol. The van der Waals surface area contributed by atoms with Crippen molar-refractivity contribution in [1.29, 1.82) is 0 Å². The maximum absolute atomic E-state index is 3.72. The normalized spacial score (nSPS) is 24.5. The number of likely N-dealkylation sites (tertiary alicyclic amines) is 1. The van der Waals surface area contributed by atoms with E-state index in [2.05, 4.69) is 17.1 Å². The molecule has 0 aromatic carbocycles. The molecule has 0 amide bonds. The number of nitrogens with zero attached hydrogens (tertiary/aromatic N) is 1. The van der Waals surface area contributed by atoms with Crippen LogP contribution < -0.4 is 5.32 Å². The van der Waals surface area contributed by atoms with E-state index in [1.54, 1.807) is 0 Å². The van der Waals surface area contributed by atoms with Crippen molar-refractivity contribution >= 4 is 0 Å². The van der Waals surface area contributed by atoms with Gasteiger partial charge in [-0.1, -0.05) is 32.6 Å². The highest BCUT2D eigenvalue weighted by Crippen LogP contribution is 2.21. The summed E-state index contributed by atoms with van der Waals surface area (Å²) in [6, 6.07) is 0.840. The number of rotatable bonds is 6. The Morgan fingerprint density at radius 1 is 1.06 bits per heavy atom. The zero-order chi connectivity index (χ0) is 11.9. The topological polar surface area (TPSA) is 15.3 Å². The van der Waals surface area contributed by atoms with E-state index >= 15 is 0 Å². The molecule has 17 heavy (non-hydrogen) atoms. The Hall–Kier alpha value is -0.0800. The second-order valence-corrected chi connectivity index (χ2v) is 6.01. The Kier molecular flexibility index (Phi) is 5.79. The van der Waals surface area contributed by atoms with Crippen LogP contribution in [0, 0.1) is 5.92 Å². The highest BCUT2D eigenvalue weighted by atomic mass is 15.1. The molecular weight excluding hydrogens is 208 g/mol. The van der Waals surface area contributed by atoms with Crippen LogP contribution in [0.3, 0.4) is 0 Å². The van der Waals surface area contributed by atoms with Crippen LogP contribution in [0.15, 0.2) is 0 Å². The maximum Gasteiger partial charge on any atom is 0.0107 e. The summed E-state index contributed by atoms with van der Waals surface area (Å²) in [5.41, 5.74) is 0. The average Bonchev–Trinajstić information content (AvgIpc) is 2.85. The Morgan fingerprint density at radius 2 is 1.76 bits per heavy atom. The summed E-state index contributed by atoms with van der Waals surface area (Å²) in [5.74, 6) is 1.03. The summed E-state index contributed by atoms with van der Waals surface area (Å²) in [4.78, 5) is 2.66. The molecule has 1 heterocycles. The van der Waals surface area contributed by atoms with Gasteiger partial charge in [-0.15, -0.1) is 0 Å². The van der Waals surface area contributed by atoms with Gasteiger partial charge in [0.2, 0.25) is 0 Å². The Bertz CT molecular complexity index is 191. The average molecular weight is 238 g/mol. The van der Waals surface area contributed by atoms with Gasteiger partial charge in [0, 0.05) is 19.1 Å². The Labute approximate surface area is 107 Å². The molecule has 2 fully saturated rings. The summed E-state index contributed by atoms with van der Waals surface area (Å²) in [6.45, 7) is 7.49. The van der Waals surface area contributed by atoms with Crippen molar-refractivity contribution in [3.63, 3.8) is 0 Å². The van der Waals surface area contributed by atoms with Crippen LogP contribution in [0.5, 0.6) is 0 Å². The molecule has 0 radical (unpaired) electrons. The van der Waals surface area contributed by atoms with E-state index in [0.29, 0.717) is 0 Å². The van der Waals surface area contributed by atoms with Crippen LogP contribution in [0.25, 0.3) is 0 Å². The van der Waals surface area contributed by atoms with E-state index < -0.39 is 0 Å². The zero-order valence-electron chi connectivity index (χ0n) is 11.6. The van der Waals surface area contributed by atoms with E-state index in [1.807, 2.05) is 0 Å². The van der Waals surface area contributed by atoms with Crippen molar-refractivity contribution in [1.82, 2.24) is 10.2 Å². The molecule has 0 spiro atoms. The zero-order valence-corrected chi connectivity index (χ0v) is 11.6. The molecule has 1 N–H and O–H groups in total. The minimum absolute atomic E-state index is 0.840. The van der Waals surface area contributed by atoms with Crippen molar-refractivity contribution in [3.8, 4) is 0 Å². The van der Waals surface area contributed by atoms with E-state index in [1.165, 1.54) is 77.5 Å². The third kappa shape index (κ3) is 4.59. The van der Waals surface area contributed by atoms with Crippen LogP contribution in [0.4, 0.5) is 0 Å². The van der Waals surface area contributed by atoms with Crippen molar-refractivity contribution in [2.24, 2.45) is 5.92 Å². The molecule has 1 saturated carbocycles. The first-order chi connectivity index (χ1) is 8.38. The van der Waals surface area contributed by atoms with Gasteiger partial charge >= 0.3 is 0 Å². The third-order valence-electron chi connectivity index (χ3n) is 4.62. The fourth-order valence-electron chi connectivity index (χ4n) is 3.46. The molecule has 0 aromatic rings. The van der Waals surface area contributed by atoms with E-state index in [0.717, 1.165) is 12.0 Å². The lowest BCUT2D eigenvalue weighted by atomic mass is 9.92. The molecule has 1 aliphatic carbocycles. The first kappa shape index (κ1) is 13.4. The monoisotopic (exact) mass is 238 g/mol. The van der Waals surface area contributed by atoms with E-state index in [9.17, 15) is 0 Å². The summed E-state index contributed by atoms with van der Waals surface area (Å²) < 4.78 is 0. The Morgan fingerprint density at radius 3 is 2.41 bits per heavy atom. The SMILES string of the molecule is CCCC1CCN(CCNC2CCCC2)CC1. The summed E-state index contributed by atoms with van der Waals surface area (Å²) >= 11 is 0. The van der Waals surface area contributed by atoms with Gasteiger partial charge in [-0.3, -0.25) is 0 Å². The second kappa shape index (κ2) is 7.38. The predicted octanol–water partition coefficient (Wildman–Crippen LogP) is 3.03. The highest BCUT2D eigenvalue weighted by Gasteiger charge is 2.19. The van der Waals surface area contributed by atoms with Crippen LogP contribution in [0.2, 0.25) is 0 Å². The van der Waals surface area contributed by atoms with Gasteiger partial charge in [0.05, 0.1) is 0 Å². The number of hydrogen-bond donors (Lipinski definition) is 1. The summed E-state index contributed by atoms with van der Waals surface area (Å²) in [6.07, 6.45) is 11.4. The lowest BCUT2D eigenvalue weighted by Crippen LogP contribution is -2.40. The van der Waals surface area contributed by atoms with Crippen LogP contribution in [-0.4, -0.2) is 37.1 Å². The molecule has 1 aliphatic heterocycles. The van der Waals surface area contributed by atoms with Gasteiger partial charge in [0.15, 0.2) is 0 Å². The van der Waals surface area contributed by atoms with Gasteiger partial charge < -0.3 is 10.2 Å². The highest BCUT2D eigenvalue weighted by molar-refractivity contribution is 4.76. The molecule has 2 heteroatoms. The number of hydrogen-bond acceptors (Lipinski definition) is 2. The van der Waals surface area contributed by atoms with E-state index in [4.69, 9.17) is 0 Å². The Balaban J connectivity index is 1.52. The minimum atomic E-state index is 0.840. The molecule has 2 nitrogen and oxygen atoms in total. The standard InChI is InChI=1S/C15H30N2/c1-2-5-14-8-11-17(12-9-14)13-10-16-15-6-3-4-7-15/h14-16H,2-13H2,1H3. The molecule has 0 aromatic heterocycles. The van der Waals surface area contributed by atoms with Gasteiger partial charge in [-0.25, -0.2) is 0 Å². The first-order valence-corrected chi connectivity index (χ1v) is 7.84. The fourth-order valence-corrected chi connectivity index (χ4v) is 3.46. The molecule has 2 aliphatic rings. The van der Waals surface area contributed by atoms with Crippen molar-refractivity contribution < 1.29 is 0 Å². The van der Waals surface area contributed by atoms with Gasteiger partial charge in [-0.2, -0.15) is 0 Å². The number of piperidine rings is 1.